The van der Waals surface area contributed by atoms with Gasteiger partial charge in [0.1, 0.15) is 17.4 Å². The first kappa shape index (κ1) is 21.4. The lowest BCUT2D eigenvalue weighted by molar-refractivity contribution is 0.0584. The number of hydrogen-bond donors (Lipinski definition) is 1. The summed E-state index contributed by atoms with van der Waals surface area (Å²) in [4.78, 5) is 23.8. The summed E-state index contributed by atoms with van der Waals surface area (Å²) in [6.45, 7) is 1.94. The molecule has 1 N–H and O–H groups in total. The quantitative estimate of drug-likeness (QED) is 0.665. The van der Waals surface area contributed by atoms with Gasteiger partial charge in [0.15, 0.2) is 0 Å². The SMILES string of the molecule is CCC(CC(O)Cc1ccccc1C(=O)OC)Oc1ccccc1C(=O)OC. The fraction of sp³-hybridized carbons (Fsp3) is 0.364. The summed E-state index contributed by atoms with van der Waals surface area (Å²) < 4.78 is 15.6. The number of para-hydroxylation sites is 1. The third kappa shape index (κ3) is 5.57. The summed E-state index contributed by atoms with van der Waals surface area (Å²) >= 11 is 0. The Labute approximate surface area is 165 Å². The van der Waals surface area contributed by atoms with Gasteiger partial charge in [-0.25, -0.2) is 9.59 Å². The van der Waals surface area contributed by atoms with Gasteiger partial charge >= 0.3 is 11.9 Å². The van der Waals surface area contributed by atoms with Gasteiger partial charge in [-0.05, 0) is 36.6 Å². The van der Waals surface area contributed by atoms with Gasteiger partial charge in [0.2, 0.25) is 0 Å². The van der Waals surface area contributed by atoms with Gasteiger partial charge in [-0.15, -0.1) is 0 Å². The predicted molar refractivity (Wildman–Crippen MR) is 105 cm³/mol. The van der Waals surface area contributed by atoms with Gasteiger partial charge < -0.3 is 19.3 Å². The number of carbonyl (C=O) groups excluding carboxylic acids is 2. The second-order valence-corrected chi connectivity index (χ2v) is 6.38. The average molecular weight is 386 g/mol. The van der Waals surface area contributed by atoms with E-state index in [1.807, 2.05) is 13.0 Å². The number of carbonyl (C=O) groups is 2. The van der Waals surface area contributed by atoms with Gasteiger partial charge in [-0.3, -0.25) is 0 Å². The Kier molecular flexibility index (Phi) is 8.02. The zero-order valence-electron chi connectivity index (χ0n) is 16.4. The van der Waals surface area contributed by atoms with E-state index in [1.165, 1.54) is 14.2 Å². The van der Waals surface area contributed by atoms with Crippen LogP contribution in [0.2, 0.25) is 0 Å². The lowest BCUT2D eigenvalue weighted by Gasteiger charge is -2.22. The highest BCUT2D eigenvalue weighted by Crippen LogP contribution is 2.23. The number of aliphatic hydroxyl groups is 1. The van der Waals surface area contributed by atoms with Crippen LogP contribution in [0.5, 0.6) is 5.75 Å². The maximum atomic E-state index is 11.9. The number of rotatable bonds is 9. The van der Waals surface area contributed by atoms with Crippen LogP contribution in [0.1, 0.15) is 46.0 Å². The van der Waals surface area contributed by atoms with E-state index >= 15 is 0 Å². The number of esters is 2. The Bertz CT molecular complexity index is 801. The first-order valence-corrected chi connectivity index (χ1v) is 9.18. The molecule has 6 nitrogen and oxygen atoms in total. The van der Waals surface area contributed by atoms with E-state index in [9.17, 15) is 14.7 Å². The van der Waals surface area contributed by atoms with Gasteiger partial charge in [0, 0.05) is 6.42 Å². The number of ether oxygens (including phenoxy) is 3. The molecule has 0 aromatic heterocycles. The van der Waals surface area contributed by atoms with Crippen molar-refractivity contribution < 1.29 is 28.9 Å². The Balaban J connectivity index is 2.08. The maximum Gasteiger partial charge on any atom is 0.341 e. The molecule has 0 aliphatic carbocycles. The summed E-state index contributed by atoms with van der Waals surface area (Å²) in [5.41, 5.74) is 1.50. The molecule has 0 bridgehead atoms. The molecule has 28 heavy (non-hydrogen) atoms. The number of benzene rings is 2. The van der Waals surface area contributed by atoms with Crippen LogP contribution in [-0.4, -0.2) is 43.5 Å². The molecule has 0 heterocycles. The molecule has 0 aliphatic rings. The zero-order valence-corrected chi connectivity index (χ0v) is 16.4. The van der Waals surface area contributed by atoms with E-state index in [-0.39, 0.29) is 6.10 Å². The van der Waals surface area contributed by atoms with Crippen molar-refractivity contribution in [1.82, 2.24) is 0 Å². The summed E-state index contributed by atoms with van der Waals surface area (Å²) in [6, 6.07) is 13.9. The third-order valence-corrected chi connectivity index (χ3v) is 4.45. The number of hydrogen-bond acceptors (Lipinski definition) is 6. The Hall–Kier alpha value is -2.86. The molecule has 0 aliphatic heterocycles. The Morgan fingerprint density at radius 1 is 0.929 bits per heavy atom. The highest BCUT2D eigenvalue weighted by molar-refractivity contribution is 5.92. The van der Waals surface area contributed by atoms with Crippen molar-refractivity contribution in [2.24, 2.45) is 0 Å². The molecule has 0 saturated heterocycles. The van der Waals surface area contributed by atoms with Crippen LogP contribution in [0.25, 0.3) is 0 Å². The van der Waals surface area contributed by atoms with Crippen molar-refractivity contribution in [2.45, 2.75) is 38.4 Å². The minimum Gasteiger partial charge on any atom is -0.489 e. The molecule has 0 radical (unpaired) electrons. The van der Waals surface area contributed by atoms with Crippen LogP contribution in [0.3, 0.4) is 0 Å². The molecule has 2 aromatic rings. The fourth-order valence-corrected chi connectivity index (χ4v) is 2.97. The van der Waals surface area contributed by atoms with Crippen molar-refractivity contribution in [2.75, 3.05) is 14.2 Å². The molecular weight excluding hydrogens is 360 g/mol. The molecule has 0 amide bonds. The molecule has 2 aromatic carbocycles. The monoisotopic (exact) mass is 386 g/mol. The van der Waals surface area contributed by atoms with Crippen molar-refractivity contribution in [3.05, 3.63) is 65.2 Å². The van der Waals surface area contributed by atoms with Crippen molar-refractivity contribution >= 4 is 11.9 Å². The molecule has 0 spiro atoms. The van der Waals surface area contributed by atoms with Crippen LogP contribution in [0.15, 0.2) is 48.5 Å². The minimum absolute atomic E-state index is 0.295. The second-order valence-electron chi connectivity index (χ2n) is 6.38. The largest absolute Gasteiger partial charge is 0.489 e. The van der Waals surface area contributed by atoms with Crippen LogP contribution >= 0.6 is 0 Å². The van der Waals surface area contributed by atoms with Gasteiger partial charge in [-0.1, -0.05) is 37.3 Å². The summed E-state index contributed by atoms with van der Waals surface area (Å²) in [7, 11) is 2.65. The lowest BCUT2D eigenvalue weighted by Crippen LogP contribution is -2.25. The third-order valence-electron chi connectivity index (χ3n) is 4.45. The standard InChI is InChI=1S/C22H26O6/c1-4-17(28-20-12-8-7-11-19(20)22(25)27-3)14-16(23)13-15-9-5-6-10-18(15)21(24)26-2/h5-12,16-17,23H,4,13-14H2,1-3H3. The molecule has 2 atom stereocenters. The van der Waals surface area contributed by atoms with Gasteiger partial charge in [-0.2, -0.15) is 0 Å². The highest BCUT2D eigenvalue weighted by atomic mass is 16.5. The van der Waals surface area contributed by atoms with Crippen LogP contribution in [-0.2, 0) is 15.9 Å². The van der Waals surface area contributed by atoms with Crippen molar-refractivity contribution in [3.8, 4) is 5.75 Å². The minimum atomic E-state index is -0.721. The molecule has 6 heteroatoms. The first-order chi connectivity index (χ1) is 13.5. The molecule has 2 unspecified atom stereocenters. The van der Waals surface area contributed by atoms with Crippen LogP contribution in [0.4, 0.5) is 0 Å². The maximum absolute atomic E-state index is 11.9. The molecule has 0 saturated carbocycles. The topological polar surface area (TPSA) is 82.1 Å². The van der Waals surface area contributed by atoms with Gasteiger partial charge in [0.25, 0.3) is 0 Å². The molecule has 2 rings (SSSR count). The van der Waals surface area contributed by atoms with Crippen molar-refractivity contribution in [1.29, 1.82) is 0 Å². The van der Waals surface area contributed by atoms with E-state index in [2.05, 4.69) is 0 Å². The van der Waals surface area contributed by atoms with E-state index in [4.69, 9.17) is 14.2 Å². The van der Waals surface area contributed by atoms with E-state index in [1.54, 1.807) is 42.5 Å². The Morgan fingerprint density at radius 3 is 2.14 bits per heavy atom. The van der Waals surface area contributed by atoms with E-state index in [0.29, 0.717) is 41.7 Å². The van der Waals surface area contributed by atoms with E-state index < -0.39 is 18.0 Å². The number of aliphatic hydroxyl groups excluding tert-OH is 1. The van der Waals surface area contributed by atoms with Crippen LogP contribution < -0.4 is 4.74 Å². The molecule has 150 valence electrons. The van der Waals surface area contributed by atoms with Crippen LogP contribution in [0, 0.1) is 0 Å². The average Bonchev–Trinajstić information content (AvgIpc) is 2.72. The second kappa shape index (κ2) is 10.5. The highest BCUT2D eigenvalue weighted by Gasteiger charge is 2.21. The number of methoxy groups -OCH3 is 2. The van der Waals surface area contributed by atoms with E-state index in [0.717, 1.165) is 0 Å². The summed E-state index contributed by atoms with van der Waals surface area (Å²) in [5.74, 6) is -0.487. The van der Waals surface area contributed by atoms with Gasteiger partial charge in [0.05, 0.1) is 25.9 Å². The normalized spacial score (nSPS) is 12.7. The lowest BCUT2D eigenvalue weighted by atomic mass is 9.98. The molecular formula is C22H26O6. The fourth-order valence-electron chi connectivity index (χ4n) is 2.97. The summed E-state index contributed by atoms with van der Waals surface area (Å²) in [5, 5.41) is 10.6. The Morgan fingerprint density at radius 2 is 1.50 bits per heavy atom. The summed E-state index contributed by atoms with van der Waals surface area (Å²) in [6.07, 6.45) is 0.267. The molecule has 0 fully saturated rings. The smallest absolute Gasteiger partial charge is 0.341 e. The zero-order chi connectivity index (χ0) is 20.5. The first-order valence-electron chi connectivity index (χ1n) is 9.18. The van der Waals surface area contributed by atoms with Crippen molar-refractivity contribution in [3.63, 3.8) is 0 Å². The predicted octanol–water partition coefficient (Wildman–Crippen LogP) is 3.41.